The quantitative estimate of drug-likeness (QED) is 0.578. The smallest absolute Gasteiger partial charge is 0.196 e. The average Bonchev–Trinajstić information content (AvgIpc) is 2.33. The predicted octanol–water partition coefficient (Wildman–Crippen LogP) is 2.13. The lowest BCUT2D eigenvalue weighted by Gasteiger charge is -2.30. The molecule has 66 valence electrons. The predicted molar refractivity (Wildman–Crippen MR) is 47.7 cm³/mol. The van der Waals surface area contributed by atoms with Crippen molar-refractivity contribution in [3.05, 3.63) is 0 Å². The van der Waals surface area contributed by atoms with Crippen LogP contribution in [-0.2, 0) is 9.59 Å². The van der Waals surface area contributed by atoms with Gasteiger partial charge in [0.05, 0.1) is 0 Å². The lowest BCUT2D eigenvalue weighted by atomic mass is 9.80. The first-order chi connectivity index (χ1) is 5.70. The first-order valence-corrected chi connectivity index (χ1v) is 5.25. The molecule has 12 heavy (non-hydrogen) atoms. The van der Waals surface area contributed by atoms with Gasteiger partial charge in [0.2, 0.25) is 0 Å². The van der Waals surface area contributed by atoms with Crippen LogP contribution in [0.4, 0.5) is 0 Å². The van der Waals surface area contributed by atoms with Crippen LogP contribution in [0.15, 0.2) is 0 Å². The van der Waals surface area contributed by atoms with Gasteiger partial charge in [0.25, 0.3) is 0 Å². The molecule has 2 fully saturated rings. The first kappa shape index (κ1) is 8.30. The Labute approximate surface area is 76.1 Å². The fourth-order valence-electron chi connectivity index (χ4n) is 2.35. The van der Waals surface area contributed by atoms with Crippen LogP contribution in [0.25, 0.3) is 0 Å². The molecule has 0 unspecified atom stereocenters. The monoisotopic (exact) mass is 184 g/mol. The molecule has 0 N–H and O–H groups in total. The summed E-state index contributed by atoms with van der Waals surface area (Å²) in [5, 5.41) is 0.182. The summed E-state index contributed by atoms with van der Waals surface area (Å²) in [5.41, 5.74) is 0.0966. The van der Waals surface area contributed by atoms with E-state index in [9.17, 15) is 9.59 Å². The van der Waals surface area contributed by atoms with E-state index >= 15 is 0 Å². The summed E-state index contributed by atoms with van der Waals surface area (Å²) in [4.78, 5) is 22.4. The maximum atomic E-state index is 11.2. The van der Waals surface area contributed by atoms with Crippen LogP contribution in [0, 0.1) is 5.41 Å². The summed E-state index contributed by atoms with van der Waals surface area (Å²) < 4.78 is 0. The van der Waals surface area contributed by atoms with Crippen LogP contribution in [0.1, 0.15) is 38.5 Å². The van der Waals surface area contributed by atoms with Crippen molar-refractivity contribution in [3.8, 4) is 0 Å². The lowest BCUT2D eigenvalue weighted by Crippen LogP contribution is -2.28. The van der Waals surface area contributed by atoms with Crippen LogP contribution in [-0.4, -0.2) is 10.2 Å². The largest absolute Gasteiger partial charge is 0.287 e. The van der Waals surface area contributed by atoms with Gasteiger partial charge in [-0.25, -0.2) is 0 Å². The minimum Gasteiger partial charge on any atom is -0.287 e. The Morgan fingerprint density at radius 1 is 1.00 bits per heavy atom. The van der Waals surface area contributed by atoms with E-state index in [2.05, 4.69) is 0 Å². The summed E-state index contributed by atoms with van der Waals surface area (Å²) in [6.07, 6.45) is 5.86. The van der Waals surface area contributed by atoms with E-state index in [0.717, 1.165) is 24.6 Å². The van der Waals surface area contributed by atoms with E-state index < -0.39 is 0 Å². The molecule has 1 aliphatic carbocycles. The summed E-state index contributed by atoms with van der Waals surface area (Å²) in [6.45, 7) is 0. The molecule has 1 aliphatic heterocycles. The number of carbonyl (C=O) groups is 2. The van der Waals surface area contributed by atoms with Crippen molar-refractivity contribution >= 4 is 22.0 Å². The van der Waals surface area contributed by atoms with Gasteiger partial charge in [-0.3, -0.25) is 9.59 Å². The second-order valence-electron chi connectivity index (χ2n) is 3.91. The maximum absolute atomic E-state index is 11.2. The maximum Gasteiger partial charge on any atom is 0.196 e. The van der Waals surface area contributed by atoms with Crippen LogP contribution >= 0.6 is 11.8 Å². The normalized spacial score (nSPS) is 28.3. The van der Waals surface area contributed by atoms with Crippen molar-refractivity contribution in [3.63, 3.8) is 0 Å². The second kappa shape index (κ2) is 2.87. The molecule has 3 heteroatoms. The molecule has 0 aromatic carbocycles. The molecule has 1 saturated carbocycles. The van der Waals surface area contributed by atoms with Gasteiger partial charge < -0.3 is 0 Å². The number of rotatable bonds is 0. The molecule has 0 radical (unpaired) electrons. The summed E-state index contributed by atoms with van der Waals surface area (Å²) in [7, 11) is 0. The minimum atomic E-state index is 0.0909. The average molecular weight is 184 g/mol. The standard InChI is InChI=1S/C9H12O2S/c10-7-5-9(3-1-2-4-9)6-8(11)12-7/h1-6H2. The Balaban J connectivity index is 2.14. The third-order valence-corrected chi connectivity index (χ3v) is 3.67. The fourth-order valence-corrected chi connectivity index (χ4v) is 3.36. The molecule has 2 aliphatic rings. The number of hydrogen-bond acceptors (Lipinski definition) is 3. The number of thioether (sulfide) groups is 1. The van der Waals surface area contributed by atoms with Crippen molar-refractivity contribution in [1.82, 2.24) is 0 Å². The van der Waals surface area contributed by atoms with Crippen molar-refractivity contribution in [1.29, 1.82) is 0 Å². The van der Waals surface area contributed by atoms with E-state index in [-0.39, 0.29) is 15.6 Å². The molecule has 1 saturated heterocycles. The molecular weight excluding hydrogens is 172 g/mol. The van der Waals surface area contributed by atoms with E-state index in [1.54, 1.807) is 0 Å². The minimum absolute atomic E-state index is 0.0909. The highest BCUT2D eigenvalue weighted by Gasteiger charge is 2.41. The highest BCUT2D eigenvalue weighted by Crippen LogP contribution is 2.48. The van der Waals surface area contributed by atoms with Gasteiger partial charge in [0.15, 0.2) is 10.2 Å². The molecule has 2 rings (SSSR count). The first-order valence-electron chi connectivity index (χ1n) is 4.44. The van der Waals surface area contributed by atoms with Crippen molar-refractivity contribution in [2.45, 2.75) is 38.5 Å². The van der Waals surface area contributed by atoms with Gasteiger partial charge in [0.1, 0.15) is 0 Å². The summed E-state index contributed by atoms with van der Waals surface area (Å²) in [5.74, 6) is 0. The Morgan fingerprint density at radius 2 is 1.50 bits per heavy atom. The van der Waals surface area contributed by atoms with Gasteiger partial charge in [-0.05, 0) is 30.0 Å². The van der Waals surface area contributed by atoms with Gasteiger partial charge in [-0.2, -0.15) is 0 Å². The number of carbonyl (C=O) groups excluding carboxylic acids is 2. The third-order valence-electron chi connectivity index (χ3n) is 2.93. The third kappa shape index (κ3) is 1.42. The molecule has 0 aromatic heterocycles. The van der Waals surface area contributed by atoms with E-state index in [4.69, 9.17) is 0 Å². The van der Waals surface area contributed by atoms with E-state index in [1.807, 2.05) is 0 Å². The van der Waals surface area contributed by atoms with Crippen LogP contribution in [0.5, 0.6) is 0 Å². The topological polar surface area (TPSA) is 34.1 Å². The molecule has 1 spiro atoms. The Kier molecular flexibility index (Phi) is 1.99. The Hall–Kier alpha value is -0.310. The summed E-state index contributed by atoms with van der Waals surface area (Å²) in [6, 6.07) is 0. The van der Waals surface area contributed by atoms with Gasteiger partial charge >= 0.3 is 0 Å². The van der Waals surface area contributed by atoms with Crippen LogP contribution in [0.3, 0.4) is 0 Å². The van der Waals surface area contributed by atoms with Gasteiger partial charge in [-0.15, -0.1) is 0 Å². The molecule has 0 aromatic rings. The van der Waals surface area contributed by atoms with Crippen molar-refractivity contribution in [2.75, 3.05) is 0 Å². The van der Waals surface area contributed by atoms with Crippen molar-refractivity contribution < 1.29 is 9.59 Å². The zero-order valence-electron chi connectivity index (χ0n) is 6.97. The molecule has 0 bridgehead atoms. The highest BCUT2D eigenvalue weighted by atomic mass is 32.2. The Bertz CT molecular complexity index is 211. The molecule has 0 amide bonds. The Morgan fingerprint density at radius 3 is 2.00 bits per heavy atom. The summed E-state index contributed by atoms with van der Waals surface area (Å²) >= 11 is 0.924. The van der Waals surface area contributed by atoms with Crippen LogP contribution in [0.2, 0.25) is 0 Å². The SMILES string of the molecule is O=C1CC2(CCCC2)CC(=O)S1. The lowest BCUT2D eigenvalue weighted by molar-refractivity contribution is -0.119. The molecule has 2 nitrogen and oxygen atoms in total. The second-order valence-corrected chi connectivity index (χ2v) is 5.02. The van der Waals surface area contributed by atoms with Gasteiger partial charge in [-0.1, -0.05) is 12.8 Å². The fraction of sp³-hybridized carbons (Fsp3) is 0.778. The molecular formula is C9H12O2S. The van der Waals surface area contributed by atoms with Gasteiger partial charge in [0, 0.05) is 12.8 Å². The zero-order chi connectivity index (χ0) is 8.60. The zero-order valence-corrected chi connectivity index (χ0v) is 7.78. The highest BCUT2D eigenvalue weighted by molar-refractivity contribution is 8.26. The molecule has 1 heterocycles. The van der Waals surface area contributed by atoms with Crippen molar-refractivity contribution in [2.24, 2.45) is 5.41 Å². The number of hydrogen-bond donors (Lipinski definition) is 0. The molecule has 0 atom stereocenters. The van der Waals surface area contributed by atoms with E-state index in [1.165, 1.54) is 12.8 Å². The van der Waals surface area contributed by atoms with E-state index in [0.29, 0.717) is 12.8 Å². The van der Waals surface area contributed by atoms with Crippen LogP contribution < -0.4 is 0 Å².